The van der Waals surface area contributed by atoms with Crippen molar-refractivity contribution in [3.63, 3.8) is 0 Å². The average molecular weight is 327 g/mol. The molecule has 1 aromatic heterocycles. The highest BCUT2D eigenvalue weighted by Crippen LogP contribution is 2.31. The molecule has 0 atom stereocenters. The van der Waals surface area contributed by atoms with Crippen LogP contribution < -0.4 is 4.74 Å². The lowest BCUT2D eigenvalue weighted by Crippen LogP contribution is -1.97. The first-order valence-corrected chi connectivity index (χ1v) is 6.00. The number of benzene rings is 1. The molecule has 1 heterocycles. The summed E-state index contributed by atoms with van der Waals surface area (Å²) in [5, 5.41) is 10.9. The van der Waals surface area contributed by atoms with Gasteiger partial charge in [0.15, 0.2) is 0 Å². The maximum Gasteiger partial charge on any atom is 0.331 e. The second-order valence-electron chi connectivity index (χ2n) is 3.77. The topological polar surface area (TPSA) is 65.3 Å². The van der Waals surface area contributed by atoms with E-state index in [1.54, 1.807) is 6.92 Å². The maximum absolute atomic E-state index is 13.1. The van der Waals surface area contributed by atoms with Crippen molar-refractivity contribution in [1.82, 2.24) is 4.98 Å². The van der Waals surface area contributed by atoms with Gasteiger partial charge in [-0.25, -0.2) is 9.37 Å². The Morgan fingerprint density at radius 3 is 2.79 bits per heavy atom. The van der Waals surface area contributed by atoms with Crippen LogP contribution in [0.5, 0.6) is 11.6 Å². The highest BCUT2D eigenvalue weighted by atomic mass is 79.9. The van der Waals surface area contributed by atoms with E-state index in [-0.39, 0.29) is 21.8 Å². The second kappa shape index (κ2) is 5.31. The molecule has 0 unspecified atom stereocenters. The van der Waals surface area contributed by atoms with E-state index in [2.05, 4.69) is 20.9 Å². The fraction of sp³-hybridized carbons (Fsp3) is 0.0833. The Balaban J connectivity index is 2.37. The third kappa shape index (κ3) is 3.05. The minimum Gasteiger partial charge on any atom is -0.434 e. The van der Waals surface area contributed by atoms with Gasteiger partial charge in [0.1, 0.15) is 11.6 Å². The van der Waals surface area contributed by atoms with Crippen LogP contribution >= 0.6 is 15.9 Å². The molecule has 0 saturated carbocycles. The Bertz CT molecular complexity index is 649. The van der Waals surface area contributed by atoms with Crippen molar-refractivity contribution in [2.45, 2.75) is 6.92 Å². The van der Waals surface area contributed by atoms with Gasteiger partial charge in [-0.05, 0) is 46.6 Å². The van der Waals surface area contributed by atoms with Crippen molar-refractivity contribution < 1.29 is 14.1 Å². The molecule has 19 heavy (non-hydrogen) atoms. The highest BCUT2D eigenvalue weighted by molar-refractivity contribution is 9.10. The lowest BCUT2D eigenvalue weighted by Gasteiger charge is -2.06. The predicted molar refractivity (Wildman–Crippen MR) is 69.8 cm³/mol. The number of pyridine rings is 1. The molecule has 0 spiro atoms. The van der Waals surface area contributed by atoms with E-state index in [0.717, 1.165) is 0 Å². The molecule has 0 fully saturated rings. The minimum absolute atomic E-state index is 0.130. The molecule has 0 saturated heterocycles. The van der Waals surface area contributed by atoms with Gasteiger partial charge >= 0.3 is 5.69 Å². The van der Waals surface area contributed by atoms with Gasteiger partial charge < -0.3 is 4.74 Å². The van der Waals surface area contributed by atoms with E-state index in [4.69, 9.17) is 4.74 Å². The first-order valence-electron chi connectivity index (χ1n) is 5.21. The summed E-state index contributed by atoms with van der Waals surface area (Å²) in [5.41, 5.74) is 0.416. The largest absolute Gasteiger partial charge is 0.434 e. The van der Waals surface area contributed by atoms with Gasteiger partial charge in [0.25, 0.3) is 5.88 Å². The van der Waals surface area contributed by atoms with Gasteiger partial charge in [0.2, 0.25) is 0 Å². The molecular formula is C12H8BrFN2O3. The van der Waals surface area contributed by atoms with Crippen molar-refractivity contribution in [2.75, 3.05) is 0 Å². The standard InChI is InChI=1S/C12H8BrFN2O3/c1-7-4-11(16(17)18)12(15-6-7)19-8-2-3-10(14)9(13)5-8/h2-6H,1H3. The maximum atomic E-state index is 13.1. The van der Waals surface area contributed by atoms with Crippen LogP contribution in [-0.2, 0) is 0 Å². The molecule has 0 N–H and O–H groups in total. The number of nitrogens with zero attached hydrogens (tertiary/aromatic N) is 2. The molecule has 0 aliphatic rings. The van der Waals surface area contributed by atoms with Gasteiger partial charge in [-0.2, -0.15) is 0 Å². The third-order valence-corrected chi connectivity index (χ3v) is 2.88. The molecule has 98 valence electrons. The number of nitro groups is 1. The molecule has 0 aliphatic heterocycles. The summed E-state index contributed by atoms with van der Waals surface area (Å²) in [5.74, 6) is -0.319. The minimum atomic E-state index is -0.575. The molecule has 0 amide bonds. The van der Waals surface area contributed by atoms with Gasteiger partial charge in [-0.15, -0.1) is 0 Å². The average Bonchev–Trinajstić information content (AvgIpc) is 2.36. The molecule has 1 aromatic carbocycles. The zero-order chi connectivity index (χ0) is 14.0. The highest BCUT2D eigenvalue weighted by Gasteiger charge is 2.18. The fourth-order valence-corrected chi connectivity index (χ4v) is 1.76. The first-order chi connectivity index (χ1) is 8.97. The summed E-state index contributed by atoms with van der Waals surface area (Å²) < 4.78 is 18.6. The van der Waals surface area contributed by atoms with Gasteiger partial charge in [0.05, 0.1) is 9.40 Å². The molecule has 0 bridgehead atoms. The van der Waals surface area contributed by atoms with Crippen molar-refractivity contribution >= 4 is 21.6 Å². The van der Waals surface area contributed by atoms with Crippen molar-refractivity contribution in [2.24, 2.45) is 0 Å². The van der Waals surface area contributed by atoms with Crippen LogP contribution in [0, 0.1) is 22.9 Å². The number of hydrogen-bond donors (Lipinski definition) is 0. The number of halogens is 2. The summed E-state index contributed by atoms with van der Waals surface area (Å²) in [7, 11) is 0. The van der Waals surface area contributed by atoms with E-state index in [0.29, 0.717) is 5.56 Å². The summed E-state index contributed by atoms with van der Waals surface area (Å²) >= 11 is 3.01. The lowest BCUT2D eigenvalue weighted by molar-refractivity contribution is -0.386. The third-order valence-electron chi connectivity index (χ3n) is 2.27. The normalized spacial score (nSPS) is 10.3. The van der Waals surface area contributed by atoms with Gasteiger partial charge in [0, 0.05) is 12.3 Å². The van der Waals surface area contributed by atoms with Gasteiger partial charge in [-0.1, -0.05) is 0 Å². The zero-order valence-electron chi connectivity index (χ0n) is 9.76. The SMILES string of the molecule is Cc1cnc(Oc2ccc(F)c(Br)c2)c([N+](=O)[O-])c1. The van der Waals surface area contributed by atoms with Crippen molar-refractivity contribution in [1.29, 1.82) is 0 Å². The summed E-state index contributed by atoms with van der Waals surface area (Å²) in [6.45, 7) is 1.69. The molecule has 2 aromatic rings. The molecule has 7 heteroatoms. The van der Waals surface area contributed by atoms with Crippen molar-refractivity contribution in [3.8, 4) is 11.6 Å². The van der Waals surface area contributed by atoms with Crippen LogP contribution in [0.15, 0.2) is 34.9 Å². The van der Waals surface area contributed by atoms with E-state index in [1.807, 2.05) is 0 Å². The Labute approximate surface area is 116 Å². The van der Waals surface area contributed by atoms with Crippen LogP contribution in [0.4, 0.5) is 10.1 Å². The Morgan fingerprint density at radius 1 is 1.42 bits per heavy atom. The van der Waals surface area contributed by atoms with Crippen LogP contribution in [0.25, 0.3) is 0 Å². The number of ether oxygens (including phenoxy) is 1. The predicted octanol–water partition coefficient (Wildman–Crippen LogP) is 3.99. The number of hydrogen-bond acceptors (Lipinski definition) is 4. The number of rotatable bonds is 3. The smallest absolute Gasteiger partial charge is 0.331 e. The lowest BCUT2D eigenvalue weighted by atomic mass is 10.3. The molecule has 0 radical (unpaired) electrons. The Kier molecular flexibility index (Phi) is 3.75. The molecule has 2 rings (SSSR count). The Hall–Kier alpha value is -2.02. The van der Waals surface area contributed by atoms with E-state index >= 15 is 0 Å². The molecule has 0 aliphatic carbocycles. The van der Waals surface area contributed by atoms with E-state index in [1.165, 1.54) is 30.5 Å². The van der Waals surface area contributed by atoms with Gasteiger partial charge in [-0.3, -0.25) is 10.1 Å². The number of aromatic nitrogens is 1. The zero-order valence-corrected chi connectivity index (χ0v) is 11.3. The van der Waals surface area contributed by atoms with Crippen LogP contribution in [-0.4, -0.2) is 9.91 Å². The van der Waals surface area contributed by atoms with Crippen LogP contribution in [0.2, 0.25) is 0 Å². The van der Waals surface area contributed by atoms with Crippen LogP contribution in [0.3, 0.4) is 0 Å². The monoisotopic (exact) mass is 326 g/mol. The van der Waals surface area contributed by atoms with Crippen LogP contribution in [0.1, 0.15) is 5.56 Å². The summed E-state index contributed by atoms with van der Waals surface area (Å²) in [4.78, 5) is 14.2. The van der Waals surface area contributed by atoms with Crippen molar-refractivity contribution in [3.05, 3.63) is 56.4 Å². The quantitative estimate of drug-likeness (QED) is 0.631. The fourth-order valence-electron chi connectivity index (χ4n) is 1.40. The number of aryl methyl sites for hydroxylation is 1. The second-order valence-corrected chi connectivity index (χ2v) is 4.63. The summed E-state index contributed by atoms with van der Waals surface area (Å²) in [6, 6.07) is 5.30. The molecular weight excluding hydrogens is 319 g/mol. The molecule has 5 nitrogen and oxygen atoms in total. The summed E-state index contributed by atoms with van der Waals surface area (Å²) in [6.07, 6.45) is 1.46. The van der Waals surface area contributed by atoms with E-state index in [9.17, 15) is 14.5 Å². The Morgan fingerprint density at radius 2 is 2.16 bits per heavy atom. The first kappa shape index (κ1) is 13.4. The van der Waals surface area contributed by atoms with E-state index < -0.39 is 10.7 Å².